The minimum absolute atomic E-state index is 0.00339. The van der Waals surface area contributed by atoms with E-state index in [0.29, 0.717) is 11.5 Å². The van der Waals surface area contributed by atoms with Crippen LogP contribution in [0.4, 0.5) is 0 Å². The fraction of sp³-hybridized carbons (Fsp3) is 0.700. The van der Waals surface area contributed by atoms with Gasteiger partial charge in [0.1, 0.15) is 0 Å². The summed E-state index contributed by atoms with van der Waals surface area (Å²) >= 11 is 4.60. The predicted molar refractivity (Wildman–Crippen MR) is 114 cm³/mol. The second-order valence-corrected chi connectivity index (χ2v) is 8.15. The second kappa shape index (κ2) is 9.56. The summed E-state index contributed by atoms with van der Waals surface area (Å²) < 4.78 is 1.78. The average molecular weight is 422 g/mol. The van der Waals surface area contributed by atoms with E-state index in [9.17, 15) is 4.79 Å². The first-order valence-corrected chi connectivity index (χ1v) is 11.1. The van der Waals surface area contributed by atoms with Crippen LogP contribution in [0.2, 0.25) is 0 Å². The molecule has 8 nitrogen and oxygen atoms in total. The average Bonchev–Trinajstić information content (AvgIpc) is 3.29. The first kappa shape index (κ1) is 21.5. The molecule has 29 heavy (non-hydrogen) atoms. The van der Waals surface area contributed by atoms with E-state index in [0.717, 1.165) is 43.5 Å². The second-order valence-electron chi connectivity index (χ2n) is 7.96. The molecule has 1 saturated heterocycles. The number of rotatable bonds is 13. The monoisotopic (exact) mass is 421 g/mol. The Morgan fingerprint density at radius 2 is 2.00 bits per heavy atom. The lowest BCUT2D eigenvalue weighted by atomic mass is 9.62. The number of carbonyl (C=O) groups excluding carboxylic acids is 1. The molecule has 0 aliphatic carbocycles. The van der Waals surface area contributed by atoms with Gasteiger partial charge in [-0.05, 0) is 25.1 Å². The fourth-order valence-corrected chi connectivity index (χ4v) is 4.49. The molecule has 0 bridgehead atoms. The van der Waals surface area contributed by atoms with E-state index in [1.54, 1.807) is 10.6 Å². The Morgan fingerprint density at radius 1 is 1.24 bits per heavy atom. The number of H-pyrrole nitrogens is 1. The van der Waals surface area contributed by atoms with Crippen LogP contribution in [0.1, 0.15) is 83.9 Å². The van der Waals surface area contributed by atoms with Crippen molar-refractivity contribution in [2.45, 2.75) is 84.1 Å². The van der Waals surface area contributed by atoms with Gasteiger partial charge >= 0.3 is 0 Å². The molecule has 0 saturated carbocycles. The molecule has 1 aliphatic rings. The molecule has 0 aromatic carbocycles. The SMILES string of the molecule is CCCCCCC1(CCCC)C(=O)NC1C(C)c1nnc2cc(OOC=S)[nH]n12. The molecule has 3 rings (SSSR count). The molecule has 3 atom stereocenters. The first-order chi connectivity index (χ1) is 14.1. The topological polar surface area (TPSA) is 93.5 Å². The van der Waals surface area contributed by atoms with E-state index in [1.807, 2.05) is 0 Å². The lowest BCUT2D eigenvalue weighted by Crippen LogP contribution is -2.68. The van der Waals surface area contributed by atoms with Crippen LogP contribution >= 0.6 is 12.2 Å². The summed E-state index contributed by atoms with van der Waals surface area (Å²) in [5.74, 6) is 1.34. The number of nitrogens with zero attached hydrogens (tertiary/aromatic N) is 3. The van der Waals surface area contributed by atoms with Crippen LogP contribution in [-0.4, -0.2) is 37.3 Å². The van der Waals surface area contributed by atoms with Gasteiger partial charge < -0.3 is 5.32 Å². The van der Waals surface area contributed by atoms with Gasteiger partial charge in [-0.1, -0.05) is 59.3 Å². The summed E-state index contributed by atoms with van der Waals surface area (Å²) in [6.07, 6.45) is 8.63. The Hall–Kier alpha value is -2.16. The molecule has 1 aliphatic heterocycles. The molecule has 3 unspecified atom stereocenters. The first-order valence-electron chi connectivity index (χ1n) is 10.6. The zero-order chi connectivity index (χ0) is 20.9. The zero-order valence-electron chi connectivity index (χ0n) is 17.4. The third kappa shape index (κ3) is 4.24. The number of thiocarbonyl (C=S) groups is 1. The summed E-state index contributed by atoms with van der Waals surface area (Å²) in [5.41, 5.74) is 1.35. The van der Waals surface area contributed by atoms with E-state index >= 15 is 0 Å². The molecule has 1 amide bonds. The Kier molecular flexibility index (Phi) is 7.10. The largest absolute Gasteiger partial charge is 0.351 e. The summed E-state index contributed by atoms with van der Waals surface area (Å²) in [5, 5.41) is 14.8. The van der Waals surface area contributed by atoms with E-state index in [2.05, 4.69) is 53.6 Å². The van der Waals surface area contributed by atoms with Crippen molar-refractivity contribution in [3.05, 3.63) is 11.9 Å². The van der Waals surface area contributed by atoms with Crippen molar-refractivity contribution in [1.82, 2.24) is 25.1 Å². The maximum absolute atomic E-state index is 12.8. The Morgan fingerprint density at radius 3 is 2.69 bits per heavy atom. The normalized spacial score (nSPS) is 22.2. The van der Waals surface area contributed by atoms with Crippen molar-refractivity contribution >= 4 is 29.3 Å². The minimum Gasteiger partial charge on any atom is -0.351 e. The van der Waals surface area contributed by atoms with Gasteiger partial charge in [0.2, 0.25) is 11.5 Å². The number of fused-ring (bicyclic) bond motifs is 1. The van der Waals surface area contributed by atoms with Gasteiger partial charge in [0, 0.05) is 5.92 Å². The molecule has 2 aromatic rings. The van der Waals surface area contributed by atoms with Crippen molar-refractivity contribution in [2.75, 3.05) is 0 Å². The minimum atomic E-state index is -0.318. The molecule has 2 aromatic heterocycles. The van der Waals surface area contributed by atoms with Crippen molar-refractivity contribution in [1.29, 1.82) is 0 Å². The molecule has 1 fully saturated rings. The Labute approximate surface area is 176 Å². The van der Waals surface area contributed by atoms with Crippen LogP contribution in [0.3, 0.4) is 0 Å². The summed E-state index contributed by atoms with van der Waals surface area (Å²) in [4.78, 5) is 22.5. The Balaban J connectivity index is 1.81. The summed E-state index contributed by atoms with van der Waals surface area (Å²) in [6.45, 7) is 6.48. The van der Waals surface area contributed by atoms with E-state index in [1.165, 1.54) is 19.3 Å². The Bertz CT molecular complexity index is 835. The van der Waals surface area contributed by atoms with Crippen LogP contribution in [0.25, 0.3) is 5.65 Å². The van der Waals surface area contributed by atoms with Crippen LogP contribution in [-0.2, 0) is 9.68 Å². The number of aromatic amines is 1. The molecule has 0 spiro atoms. The van der Waals surface area contributed by atoms with Crippen LogP contribution in [0.5, 0.6) is 5.88 Å². The molecule has 160 valence electrons. The highest BCUT2D eigenvalue weighted by Crippen LogP contribution is 2.46. The number of nitrogens with one attached hydrogen (secondary N) is 2. The number of carbonyl (C=O) groups is 1. The quantitative estimate of drug-likeness (QED) is 0.166. The lowest BCUT2D eigenvalue weighted by Gasteiger charge is -2.51. The van der Waals surface area contributed by atoms with E-state index in [4.69, 9.17) is 9.78 Å². The molecule has 3 heterocycles. The number of hydrogen-bond acceptors (Lipinski definition) is 6. The van der Waals surface area contributed by atoms with Gasteiger partial charge in [-0.2, -0.15) is 0 Å². The van der Waals surface area contributed by atoms with Gasteiger partial charge in [-0.15, -0.1) is 10.2 Å². The van der Waals surface area contributed by atoms with Crippen molar-refractivity contribution < 1.29 is 14.6 Å². The van der Waals surface area contributed by atoms with Crippen LogP contribution in [0, 0.1) is 5.41 Å². The smallest absolute Gasteiger partial charge is 0.266 e. The number of hydrogen-bond donors (Lipinski definition) is 2. The van der Waals surface area contributed by atoms with Crippen molar-refractivity contribution in [2.24, 2.45) is 5.41 Å². The van der Waals surface area contributed by atoms with Gasteiger partial charge in [0.25, 0.3) is 5.88 Å². The third-order valence-corrected chi connectivity index (χ3v) is 6.15. The van der Waals surface area contributed by atoms with Gasteiger partial charge in [0.05, 0.1) is 17.5 Å². The lowest BCUT2D eigenvalue weighted by molar-refractivity contribution is -0.149. The standard InChI is InChI=1S/C20H31N5O3S/c1-4-6-8-9-11-20(10-7-5-2)17(21-19(20)26)14(3)18-23-22-15-12-16(24-25(15)18)28-27-13-29/h12-14,17,24H,4-11H2,1-3H3,(H,21,26). The molecule has 9 heteroatoms. The fourth-order valence-electron chi connectivity index (χ4n) is 4.45. The summed E-state index contributed by atoms with van der Waals surface area (Å²) in [7, 11) is 0. The third-order valence-electron chi connectivity index (χ3n) is 6.07. The molecular formula is C20H31N5O3S. The van der Waals surface area contributed by atoms with Gasteiger partial charge in [-0.3, -0.25) is 19.7 Å². The maximum Gasteiger partial charge on any atom is 0.266 e. The number of unbranched alkanes of at least 4 members (excludes halogenated alkanes) is 4. The predicted octanol–water partition coefficient (Wildman–Crippen LogP) is 4.07. The van der Waals surface area contributed by atoms with Crippen molar-refractivity contribution in [3.63, 3.8) is 0 Å². The number of amides is 1. The van der Waals surface area contributed by atoms with Gasteiger partial charge in [0.15, 0.2) is 11.5 Å². The van der Waals surface area contributed by atoms with E-state index in [-0.39, 0.29) is 23.3 Å². The maximum atomic E-state index is 12.8. The van der Waals surface area contributed by atoms with Crippen LogP contribution in [0.15, 0.2) is 6.07 Å². The van der Waals surface area contributed by atoms with Crippen LogP contribution < -0.4 is 10.2 Å². The number of aromatic nitrogens is 4. The van der Waals surface area contributed by atoms with Crippen molar-refractivity contribution in [3.8, 4) is 5.88 Å². The highest BCUT2D eigenvalue weighted by molar-refractivity contribution is 7.78. The highest BCUT2D eigenvalue weighted by Gasteiger charge is 2.56. The molecule has 2 N–H and O–H groups in total. The molecular weight excluding hydrogens is 390 g/mol. The molecule has 0 radical (unpaired) electrons. The zero-order valence-corrected chi connectivity index (χ0v) is 18.3. The summed E-state index contributed by atoms with van der Waals surface area (Å²) in [6, 6.07) is 1.73. The van der Waals surface area contributed by atoms with Gasteiger partial charge in [-0.25, -0.2) is 4.52 Å². The van der Waals surface area contributed by atoms with E-state index < -0.39 is 0 Å². The highest BCUT2D eigenvalue weighted by atomic mass is 32.1. The number of β-lactam (4-membered cyclic amide) rings is 1.